The van der Waals surface area contributed by atoms with E-state index in [1.54, 1.807) is 0 Å². The highest BCUT2D eigenvalue weighted by atomic mass is 15.1. The SMILES string of the molecule is c1ccc(-c2cc(N(c3ccc(-c4cccc5ccccc45)cc3)c3ccc4c(c3)Cc3ccccc3-4)c(-c3ccccc3)cc2-c2ccc3c(c2)c2ccccc2n3-c2ccccc2)cc1. The zero-order valence-electron chi connectivity index (χ0n) is 36.9. The molecule has 0 atom stereocenters. The predicted molar refractivity (Wildman–Crippen MR) is 283 cm³/mol. The van der Waals surface area contributed by atoms with Gasteiger partial charge >= 0.3 is 0 Å². The molecule has 0 radical (unpaired) electrons. The molecule has 0 saturated heterocycles. The van der Waals surface area contributed by atoms with Gasteiger partial charge in [-0.3, -0.25) is 0 Å². The Hall–Kier alpha value is -8.72. The van der Waals surface area contributed by atoms with Crippen LogP contribution in [0.2, 0.25) is 0 Å². The zero-order chi connectivity index (χ0) is 44.3. The first-order valence-corrected chi connectivity index (χ1v) is 23.2. The predicted octanol–water partition coefficient (Wildman–Crippen LogP) is 17.6. The summed E-state index contributed by atoms with van der Waals surface area (Å²) in [5, 5.41) is 4.96. The van der Waals surface area contributed by atoms with Crippen LogP contribution in [0.3, 0.4) is 0 Å². The molecule has 314 valence electrons. The fraction of sp³-hybridized carbons (Fsp3) is 0.0154. The van der Waals surface area contributed by atoms with E-state index in [-0.39, 0.29) is 0 Å². The molecule has 0 saturated carbocycles. The Morgan fingerprint density at radius 1 is 0.299 bits per heavy atom. The summed E-state index contributed by atoms with van der Waals surface area (Å²) in [6.07, 6.45) is 0.913. The van der Waals surface area contributed by atoms with E-state index < -0.39 is 0 Å². The fourth-order valence-electron chi connectivity index (χ4n) is 10.7. The van der Waals surface area contributed by atoms with E-state index in [0.29, 0.717) is 0 Å². The normalized spacial score (nSPS) is 11.8. The number of fused-ring (bicyclic) bond motifs is 7. The van der Waals surface area contributed by atoms with Crippen molar-refractivity contribution in [3.05, 3.63) is 266 Å². The maximum Gasteiger partial charge on any atom is 0.0546 e. The third kappa shape index (κ3) is 6.65. The minimum atomic E-state index is 0.913. The lowest BCUT2D eigenvalue weighted by atomic mass is 9.88. The second-order valence-electron chi connectivity index (χ2n) is 17.7. The molecule has 13 rings (SSSR count). The van der Waals surface area contributed by atoms with Crippen LogP contribution in [-0.4, -0.2) is 4.57 Å². The summed E-state index contributed by atoms with van der Waals surface area (Å²) in [7, 11) is 0. The fourth-order valence-corrected chi connectivity index (χ4v) is 10.7. The minimum Gasteiger partial charge on any atom is -0.310 e. The van der Waals surface area contributed by atoms with Crippen molar-refractivity contribution in [2.75, 3.05) is 4.90 Å². The molecular formula is C65H44N2. The zero-order valence-corrected chi connectivity index (χ0v) is 36.9. The van der Waals surface area contributed by atoms with Gasteiger partial charge in [0.2, 0.25) is 0 Å². The van der Waals surface area contributed by atoms with Gasteiger partial charge in [-0.15, -0.1) is 0 Å². The van der Waals surface area contributed by atoms with Gasteiger partial charge in [-0.2, -0.15) is 0 Å². The molecule has 1 aromatic heterocycles. The van der Waals surface area contributed by atoms with E-state index in [4.69, 9.17) is 0 Å². The van der Waals surface area contributed by atoms with Gasteiger partial charge in [0, 0.05) is 33.4 Å². The number of para-hydroxylation sites is 2. The van der Waals surface area contributed by atoms with E-state index in [1.807, 2.05) is 0 Å². The molecule has 67 heavy (non-hydrogen) atoms. The lowest BCUT2D eigenvalue weighted by Gasteiger charge is -2.30. The van der Waals surface area contributed by atoms with Crippen molar-refractivity contribution in [3.63, 3.8) is 0 Å². The third-order valence-corrected chi connectivity index (χ3v) is 13.8. The highest BCUT2D eigenvalue weighted by Gasteiger charge is 2.25. The number of nitrogens with zero attached hydrogens (tertiary/aromatic N) is 2. The van der Waals surface area contributed by atoms with Crippen LogP contribution in [0.4, 0.5) is 17.1 Å². The monoisotopic (exact) mass is 852 g/mol. The molecule has 0 unspecified atom stereocenters. The highest BCUT2D eigenvalue weighted by molar-refractivity contribution is 6.11. The van der Waals surface area contributed by atoms with E-state index >= 15 is 0 Å². The summed E-state index contributed by atoms with van der Waals surface area (Å²) in [6.45, 7) is 0. The number of rotatable bonds is 8. The number of benzene rings is 11. The van der Waals surface area contributed by atoms with E-state index in [2.05, 4.69) is 264 Å². The maximum absolute atomic E-state index is 2.49. The second kappa shape index (κ2) is 16.1. The Labute approximate surface area is 390 Å². The standard InChI is InChI=1S/C65H44N2/c1-4-17-45(18-5-1)60-43-65(61(46-19-6-2-7-20-46)42-59(60)49-33-38-64-62(41-49)58-28-14-15-30-63(58)67(64)51-24-8-3-9-25-51)66(53-36-37-57-50(40-53)39-48-22-11-13-27-56(48)57)52-34-31-47(32-35-52)55-29-16-23-44-21-10-12-26-54(44)55/h1-38,40-43H,39H2. The Kier molecular flexibility index (Phi) is 9.28. The maximum atomic E-state index is 2.49. The second-order valence-corrected chi connectivity index (χ2v) is 17.7. The first-order valence-electron chi connectivity index (χ1n) is 23.2. The molecule has 1 aliphatic rings. The molecule has 12 aromatic rings. The van der Waals surface area contributed by atoms with Gasteiger partial charge in [0.1, 0.15) is 0 Å². The van der Waals surface area contributed by atoms with Crippen LogP contribution in [0.5, 0.6) is 0 Å². The van der Waals surface area contributed by atoms with Gasteiger partial charge in [-0.05, 0) is 145 Å². The van der Waals surface area contributed by atoms with Gasteiger partial charge in [0.15, 0.2) is 0 Å². The Morgan fingerprint density at radius 3 is 1.67 bits per heavy atom. The third-order valence-electron chi connectivity index (χ3n) is 13.8. The first-order chi connectivity index (χ1) is 33.2. The largest absolute Gasteiger partial charge is 0.310 e. The number of hydrogen-bond acceptors (Lipinski definition) is 1. The average molecular weight is 853 g/mol. The topological polar surface area (TPSA) is 8.17 Å². The summed E-state index contributed by atoms with van der Waals surface area (Å²) in [4.78, 5) is 2.49. The summed E-state index contributed by atoms with van der Waals surface area (Å²) in [5.41, 5.74) is 21.7. The Bertz CT molecular complexity index is 3800. The molecular weight excluding hydrogens is 809 g/mol. The first kappa shape index (κ1) is 38.7. The molecule has 0 bridgehead atoms. The molecule has 2 nitrogen and oxygen atoms in total. The quantitative estimate of drug-likeness (QED) is 0.148. The molecule has 0 aliphatic heterocycles. The van der Waals surface area contributed by atoms with Crippen molar-refractivity contribution in [2.45, 2.75) is 6.42 Å². The van der Waals surface area contributed by atoms with Crippen LogP contribution >= 0.6 is 0 Å². The summed E-state index contributed by atoms with van der Waals surface area (Å²) in [5.74, 6) is 0. The molecule has 1 aliphatic carbocycles. The minimum absolute atomic E-state index is 0.913. The summed E-state index contributed by atoms with van der Waals surface area (Å²) < 4.78 is 2.39. The van der Waals surface area contributed by atoms with Gasteiger partial charge in [0.05, 0.1) is 16.7 Å². The average Bonchev–Trinajstić information content (AvgIpc) is 3.94. The van der Waals surface area contributed by atoms with Gasteiger partial charge in [-0.25, -0.2) is 0 Å². The smallest absolute Gasteiger partial charge is 0.0546 e. The van der Waals surface area contributed by atoms with Crippen molar-refractivity contribution >= 4 is 49.6 Å². The molecule has 2 heteroatoms. The molecule has 1 heterocycles. The number of aromatic nitrogens is 1. The van der Waals surface area contributed by atoms with Crippen molar-refractivity contribution in [3.8, 4) is 61.3 Å². The summed E-state index contributed by atoms with van der Waals surface area (Å²) >= 11 is 0. The van der Waals surface area contributed by atoms with Crippen molar-refractivity contribution in [1.29, 1.82) is 0 Å². The molecule has 0 fully saturated rings. The van der Waals surface area contributed by atoms with Crippen LogP contribution in [0.15, 0.2) is 255 Å². The highest BCUT2D eigenvalue weighted by Crippen LogP contribution is 2.49. The Morgan fingerprint density at radius 2 is 0.866 bits per heavy atom. The van der Waals surface area contributed by atoms with E-state index in [1.165, 1.54) is 88.2 Å². The van der Waals surface area contributed by atoms with Crippen LogP contribution in [0, 0.1) is 0 Å². The molecule has 0 N–H and O–H groups in total. The lowest BCUT2D eigenvalue weighted by molar-refractivity contribution is 1.18. The van der Waals surface area contributed by atoms with Crippen LogP contribution in [0.1, 0.15) is 11.1 Å². The van der Waals surface area contributed by atoms with Gasteiger partial charge in [-0.1, -0.05) is 188 Å². The number of anilines is 3. The van der Waals surface area contributed by atoms with Crippen molar-refractivity contribution < 1.29 is 0 Å². The van der Waals surface area contributed by atoms with Crippen LogP contribution < -0.4 is 4.90 Å². The van der Waals surface area contributed by atoms with Gasteiger partial charge < -0.3 is 9.47 Å². The molecule has 0 amide bonds. The van der Waals surface area contributed by atoms with Crippen molar-refractivity contribution in [1.82, 2.24) is 4.57 Å². The number of hydrogen-bond donors (Lipinski definition) is 0. The van der Waals surface area contributed by atoms with E-state index in [0.717, 1.165) is 40.3 Å². The van der Waals surface area contributed by atoms with Gasteiger partial charge in [0.25, 0.3) is 0 Å². The lowest BCUT2D eigenvalue weighted by Crippen LogP contribution is -2.12. The van der Waals surface area contributed by atoms with Crippen molar-refractivity contribution in [2.24, 2.45) is 0 Å². The molecule has 0 spiro atoms. The van der Waals surface area contributed by atoms with E-state index in [9.17, 15) is 0 Å². The molecule has 11 aromatic carbocycles. The Balaban J connectivity index is 1.05. The summed E-state index contributed by atoms with van der Waals surface area (Å²) in [6, 6.07) is 93.7. The van der Waals surface area contributed by atoms with Crippen LogP contribution in [0.25, 0.3) is 93.9 Å². The van der Waals surface area contributed by atoms with Crippen LogP contribution in [-0.2, 0) is 6.42 Å².